The third-order valence-electron chi connectivity index (χ3n) is 6.18. The zero-order chi connectivity index (χ0) is 23.0. The Kier molecular flexibility index (Phi) is 5.75. The second-order valence-corrected chi connectivity index (χ2v) is 8.17. The molecule has 0 spiro atoms. The van der Waals surface area contributed by atoms with Crippen LogP contribution >= 0.6 is 0 Å². The first-order valence-electron chi connectivity index (χ1n) is 10.5. The molecule has 1 aliphatic rings. The lowest BCUT2D eigenvalue weighted by Gasteiger charge is -2.42. The topological polar surface area (TPSA) is 102 Å². The molecular weight excluding hydrogens is 410 g/mol. The van der Waals surface area contributed by atoms with Crippen LogP contribution in [0.15, 0.2) is 53.3 Å². The molecular formula is C23H25N5O4. The number of nitrogens with zero attached hydrogens (tertiary/aromatic N) is 5. The first kappa shape index (κ1) is 21.6. The van der Waals surface area contributed by atoms with Gasteiger partial charge < -0.3 is 4.90 Å². The van der Waals surface area contributed by atoms with Gasteiger partial charge in [0, 0.05) is 50.4 Å². The summed E-state index contributed by atoms with van der Waals surface area (Å²) in [5, 5.41) is 11.4. The Morgan fingerprint density at radius 2 is 1.84 bits per heavy atom. The summed E-state index contributed by atoms with van der Waals surface area (Å²) in [6, 6.07) is 12.9. The number of hydrogen-bond acceptors (Lipinski definition) is 6. The Balaban J connectivity index is 1.51. The van der Waals surface area contributed by atoms with E-state index in [1.54, 1.807) is 22.6 Å². The number of hydrogen-bond donors (Lipinski definition) is 0. The number of non-ortho nitro benzene ring substituents is 1. The van der Waals surface area contributed by atoms with Crippen LogP contribution in [0.25, 0.3) is 10.9 Å². The molecule has 166 valence electrons. The van der Waals surface area contributed by atoms with Crippen molar-refractivity contribution in [2.45, 2.75) is 25.9 Å². The van der Waals surface area contributed by atoms with Crippen LogP contribution in [0.5, 0.6) is 0 Å². The highest BCUT2D eigenvalue weighted by atomic mass is 16.6. The van der Waals surface area contributed by atoms with E-state index in [0.29, 0.717) is 41.9 Å². The number of carbonyl (C=O) groups is 1. The van der Waals surface area contributed by atoms with Gasteiger partial charge in [-0.3, -0.25) is 29.2 Å². The molecule has 2 unspecified atom stereocenters. The van der Waals surface area contributed by atoms with Crippen molar-refractivity contribution in [3.8, 4) is 0 Å². The number of fused-ring (bicyclic) bond motifs is 1. The number of rotatable bonds is 4. The maximum atomic E-state index is 13.0. The van der Waals surface area contributed by atoms with Crippen LogP contribution in [0, 0.1) is 10.1 Å². The van der Waals surface area contributed by atoms with Gasteiger partial charge in [0.2, 0.25) is 0 Å². The fourth-order valence-electron chi connectivity index (χ4n) is 4.30. The van der Waals surface area contributed by atoms with Crippen molar-refractivity contribution in [2.75, 3.05) is 19.6 Å². The van der Waals surface area contributed by atoms with Crippen LogP contribution in [0.4, 0.5) is 5.69 Å². The molecule has 1 amide bonds. The Bertz CT molecular complexity index is 1240. The SMILES string of the molecule is CC(c1nc2ccccc2c(=O)n1C)N1CCN(C(=O)c2ccc([N+](=O)[O-])cc2)C(C)C1. The summed E-state index contributed by atoms with van der Waals surface area (Å²) in [4.78, 5) is 44.9. The zero-order valence-electron chi connectivity index (χ0n) is 18.3. The minimum Gasteiger partial charge on any atom is -0.333 e. The van der Waals surface area contributed by atoms with E-state index >= 15 is 0 Å². The van der Waals surface area contributed by atoms with Crippen molar-refractivity contribution in [1.82, 2.24) is 19.4 Å². The standard InChI is InChI=1S/C23H25N5O4/c1-15-14-26(12-13-27(15)22(29)17-8-10-18(11-9-17)28(31)32)16(2)21-24-20-7-5-4-6-19(20)23(30)25(21)3/h4-11,15-16H,12-14H2,1-3H3. The van der Waals surface area contributed by atoms with Crippen molar-refractivity contribution in [3.05, 3.63) is 80.4 Å². The van der Waals surface area contributed by atoms with Crippen LogP contribution in [0.2, 0.25) is 0 Å². The van der Waals surface area contributed by atoms with Gasteiger partial charge in [-0.05, 0) is 38.1 Å². The largest absolute Gasteiger partial charge is 0.333 e. The molecule has 4 rings (SSSR count). The Morgan fingerprint density at radius 3 is 2.50 bits per heavy atom. The first-order chi connectivity index (χ1) is 15.3. The summed E-state index contributed by atoms with van der Waals surface area (Å²) < 4.78 is 1.60. The van der Waals surface area contributed by atoms with Crippen molar-refractivity contribution in [1.29, 1.82) is 0 Å². The highest BCUT2D eigenvalue weighted by Crippen LogP contribution is 2.24. The molecule has 1 fully saturated rings. The summed E-state index contributed by atoms with van der Waals surface area (Å²) in [5.74, 6) is 0.548. The van der Waals surface area contributed by atoms with Crippen LogP contribution in [0.1, 0.15) is 36.1 Å². The quantitative estimate of drug-likeness (QED) is 0.461. The number of carbonyl (C=O) groups excluding carboxylic acids is 1. The molecule has 9 heteroatoms. The molecule has 9 nitrogen and oxygen atoms in total. The molecule has 2 heterocycles. The van der Waals surface area contributed by atoms with E-state index < -0.39 is 4.92 Å². The molecule has 2 aromatic carbocycles. The van der Waals surface area contributed by atoms with Crippen LogP contribution in [0.3, 0.4) is 0 Å². The summed E-state index contributed by atoms with van der Waals surface area (Å²) >= 11 is 0. The lowest BCUT2D eigenvalue weighted by molar-refractivity contribution is -0.384. The summed E-state index contributed by atoms with van der Waals surface area (Å²) in [6.07, 6.45) is 0. The Hall–Kier alpha value is -3.59. The van der Waals surface area contributed by atoms with E-state index in [1.807, 2.05) is 32.0 Å². The summed E-state index contributed by atoms with van der Waals surface area (Å²) in [7, 11) is 1.74. The van der Waals surface area contributed by atoms with Gasteiger partial charge in [-0.25, -0.2) is 4.98 Å². The third kappa shape index (κ3) is 3.87. The molecule has 0 aliphatic carbocycles. The predicted molar refractivity (Wildman–Crippen MR) is 121 cm³/mol. The van der Waals surface area contributed by atoms with Crippen molar-refractivity contribution >= 4 is 22.5 Å². The number of aromatic nitrogens is 2. The lowest BCUT2D eigenvalue weighted by atomic mass is 10.1. The van der Waals surface area contributed by atoms with E-state index in [-0.39, 0.29) is 29.2 Å². The minimum absolute atomic E-state index is 0.0401. The molecule has 0 saturated carbocycles. The molecule has 0 N–H and O–H groups in total. The van der Waals surface area contributed by atoms with Gasteiger partial charge in [-0.2, -0.15) is 0 Å². The maximum Gasteiger partial charge on any atom is 0.269 e. The highest BCUT2D eigenvalue weighted by Gasteiger charge is 2.32. The minimum atomic E-state index is -0.481. The van der Waals surface area contributed by atoms with Crippen LogP contribution in [-0.4, -0.2) is 55.9 Å². The predicted octanol–water partition coefficient (Wildman–Crippen LogP) is 2.75. The Labute approximate surface area is 185 Å². The molecule has 3 aromatic rings. The van der Waals surface area contributed by atoms with E-state index in [0.717, 1.165) is 0 Å². The van der Waals surface area contributed by atoms with Gasteiger partial charge in [-0.15, -0.1) is 0 Å². The van der Waals surface area contributed by atoms with E-state index in [4.69, 9.17) is 4.98 Å². The van der Waals surface area contributed by atoms with Gasteiger partial charge in [0.25, 0.3) is 17.2 Å². The fraction of sp³-hybridized carbons (Fsp3) is 0.348. The van der Waals surface area contributed by atoms with Gasteiger partial charge in [0.15, 0.2) is 0 Å². The molecule has 2 atom stereocenters. The molecule has 1 aliphatic heterocycles. The van der Waals surface area contributed by atoms with Crippen LogP contribution < -0.4 is 5.56 Å². The maximum absolute atomic E-state index is 13.0. The van der Waals surface area contributed by atoms with Crippen molar-refractivity contribution in [3.63, 3.8) is 0 Å². The lowest BCUT2D eigenvalue weighted by Crippen LogP contribution is -2.54. The molecule has 0 bridgehead atoms. The van der Waals surface area contributed by atoms with Crippen LogP contribution in [-0.2, 0) is 7.05 Å². The molecule has 1 saturated heterocycles. The highest BCUT2D eigenvalue weighted by molar-refractivity contribution is 5.94. The average Bonchev–Trinajstić information content (AvgIpc) is 2.80. The van der Waals surface area contributed by atoms with Gasteiger partial charge >= 0.3 is 0 Å². The monoisotopic (exact) mass is 435 g/mol. The van der Waals surface area contributed by atoms with Crippen molar-refractivity contribution < 1.29 is 9.72 Å². The smallest absolute Gasteiger partial charge is 0.269 e. The number of para-hydroxylation sites is 1. The molecule has 32 heavy (non-hydrogen) atoms. The van der Waals surface area contributed by atoms with Gasteiger partial charge in [0.05, 0.1) is 21.9 Å². The second-order valence-electron chi connectivity index (χ2n) is 8.17. The summed E-state index contributed by atoms with van der Waals surface area (Å²) in [5.41, 5.74) is 0.999. The summed E-state index contributed by atoms with van der Waals surface area (Å²) in [6.45, 7) is 5.78. The fourth-order valence-corrected chi connectivity index (χ4v) is 4.30. The zero-order valence-corrected chi connectivity index (χ0v) is 18.3. The number of nitro benzene ring substituents is 1. The van der Waals surface area contributed by atoms with Gasteiger partial charge in [0.1, 0.15) is 5.82 Å². The number of benzene rings is 2. The number of piperazine rings is 1. The third-order valence-corrected chi connectivity index (χ3v) is 6.18. The number of nitro groups is 1. The van der Waals surface area contributed by atoms with E-state index in [9.17, 15) is 19.7 Å². The second kappa shape index (κ2) is 8.51. The molecule has 1 aromatic heterocycles. The van der Waals surface area contributed by atoms with E-state index in [1.165, 1.54) is 24.3 Å². The van der Waals surface area contributed by atoms with Crippen molar-refractivity contribution in [2.24, 2.45) is 7.05 Å². The normalized spacial score (nSPS) is 18.0. The van der Waals surface area contributed by atoms with E-state index in [2.05, 4.69) is 4.90 Å². The van der Waals surface area contributed by atoms with Gasteiger partial charge in [-0.1, -0.05) is 12.1 Å². The Morgan fingerprint density at radius 1 is 1.16 bits per heavy atom. The first-order valence-corrected chi connectivity index (χ1v) is 10.5. The molecule has 0 radical (unpaired) electrons. The average molecular weight is 435 g/mol. The number of amides is 1.